The van der Waals surface area contributed by atoms with Crippen molar-refractivity contribution in [3.05, 3.63) is 0 Å². The van der Waals surface area contributed by atoms with Crippen molar-refractivity contribution in [3.63, 3.8) is 0 Å². The fourth-order valence-corrected chi connectivity index (χ4v) is 9.92. The smallest absolute Gasteiger partial charge is 0.172 e. The normalized spacial score (nSPS) is 46.2. The molecule has 0 bridgehead atoms. The van der Waals surface area contributed by atoms with E-state index in [2.05, 4.69) is 34.6 Å². The highest BCUT2D eigenvalue weighted by atomic mass is 16.7. The number of carbonyl (C=O) groups is 1. The van der Waals surface area contributed by atoms with Crippen molar-refractivity contribution in [2.45, 2.75) is 111 Å². The molecule has 8 atom stereocenters. The van der Waals surface area contributed by atoms with Gasteiger partial charge < -0.3 is 9.47 Å². The molecule has 5 aliphatic rings. The molecule has 3 nitrogen and oxygen atoms in total. The van der Waals surface area contributed by atoms with Crippen LogP contribution in [0.25, 0.3) is 0 Å². The molecule has 0 amide bonds. The Morgan fingerprint density at radius 3 is 2.38 bits per heavy atom. The van der Waals surface area contributed by atoms with Gasteiger partial charge in [-0.2, -0.15) is 0 Å². The summed E-state index contributed by atoms with van der Waals surface area (Å²) in [4.78, 5) is 12.5. The number of Topliss-reactive ketones (excluding diaryl/α,β-unsaturated/α-hetero) is 1. The Morgan fingerprint density at radius 1 is 0.938 bits per heavy atom. The Hall–Kier alpha value is -0.410. The van der Waals surface area contributed by atoms with E-state index in [9.17, 15) is 4.79 Å². The van der Waals surface area contributed by atoms with Gasteiger partial charge in [0.15, 0.2) is 5.79 Å². The minimum absolute atomic E-state index is 0.198. The summed E-state index contributed by atoms with van der Waals surface area (Å²) in [5.41, 5.74) is 0.676. The molecule has 0 aromatic carbocycles. The van der Waals surface area contributed by atoms with E-state index in [4.69, 9.17) is 9.47 Å². The van der Waals surface area contributed by atoms with Gasteiger partial charge in [0.05, 0.1) is 13.2 Å². The maximum Gasteiger partial charge on any atom is 0.172 e. The SMILES string of the molecule is CC(C)CCC[C@@H](C)[C@@H]1CC[C@H]2[C@H]3CC4(OCCO4)[C@H]4CC(=O)CC[C@]4(C)[C@@H]3CC[C@@]21C. The zero-order valence-corrected chi connectivity index (χ0v) is 21.5. The van der Waals surface area contributed by atoms with Gasteiger partial charge in [0.2, 0.25) is 0 Å². The number of rotatable bonds is 5. The molecule has 1 aliphatic heterocycles. The lowest BCUT2D eigenvalue weighted by Gasteiger charge is -2.64. The van der Waals surface area contributed by atoms with Gasteiger partial charge in [-0.1, -0.05) is 53.9 Å². The fourth-order valence-electron chi connectivity index (χ4n) is 9.92. The van der Waals surface area contributed by atoms with E-state index in [0.717, 1.165) is 48.9 Å². The molecule has 4 aliphatic carbocycles. The number of hydrogen-bond acceptors (Lipinski definition) is 3. The maximum absolute atomic E-state index is 12.5. The van der Waals surface area contributed by atoms with Crippen LogP contribution < -0.4 is 0 Å². The van der Waals surface area contributed by atoms with Crippen LogP contribution in [0.1, 0.15) is 105 Å². The summed E-state index contributed by atoms with van der Waals surface area (Å²) in [6.45, 7) is 13.9. The predicted octanol–water partition coefficient (Wildman–Crippen LogP) is 7.03. The van der Waals surface area contributed by atoms with Gasteiger partial charge in [-0.25, -0.2) is 0 Å². The number of hydrogen-bond donors (Lipinski definition) is 0. The summed E-state index contributed by atoms with van der Waals surface area (Å²) in [7, 11) is 0. The van der Waals surface area contributed by atoms with Crippen molar-refractivity contribution in [1.29, 1.82) is 0 Å². The molecule has 5 fully saturated rings. The summed E-state index contributed by atoms with van der Waals surface area (Å²) >= 11 is 0. The Bertz CT molecular complexity index is 709. The van der Waals surface area contributed by atoms with Crippen molar-refractivity contribution in [2.75, 3.05) is 13.2 Å². The minimum Gasteiger partial charge on any atom is -0.347 e. The molecule has 0 aromatic heterocycles. The van der Waals surface area contributed by atoms with Gasteiger partial charge in [-0.15, -0.1) is 0 Å². The van der Waals surface area contributed by atoms with Crippen molar-refractivity contribution in [3.8, 4) is 0 Å². The molecule has 182 valence electrons. The zero-order chi connectivity index (χ0) is 22.7. The first kappa shape index (κ1) is 23.3. The quantitative estimate of drug-likeness (QED) is 0.456. The molecule has 1 spiro atoms. The third-order valence-electron chi connectivity index (χ3n) is 11.5. The van der Waals surface area contributed by atoms with Crippen LogP contribution in [0, 0.1) is 52.3 Å². The molecule has 32 heavy (non-hydrogen) atoms. The van der Waals surface area contributed by atoms with E-state index >= 15 is 0 Å². The molecule has 1 saturated heterocycles. The first-order valence-corrected chi connectivity index (χ1v) is 14.0. The van der Waals surface area contributed by atoms with Crippen molar-refractivity contribution in [1.82, 2.24) is 0 Å². The summed E-state index contributed by atoms with van der Waals surface area (Å²) in [6, 6.07) is 0. The molecule has 4 saturated carbocycles. The number of ketones is 1. The Morgan fingerprint density at radius 2 is 1.66 bits per heavy atom. The summed E-state index contributed by atoms with van der Waals surface area (Å²) in [6.07, 6.45) is 13.3. The van der Waals surface area contributed by atoms with Gasteiger partial charge in [-0.05, 0) is 78.4 Å². The molecule has 5 rings (SSSR count). The Kier molecular flexibility index (Phi) is 6.10. The Labute approximate surface area is 196 Å². The molecule has 0 aromatic rings. The minimum atomic E-state index is -0.481. The summed E-state index contributed by atoms with van der Waals surface area (Å²) in [5.74, 6) is 5.00. The number of carbonyl (C=O) groups excluding carboxylic acids is 1. The molecule has 0 unspecified atom stereocenters. The van der Waals surface area contributed by atoms with Gasteiger partial charge >= 0.3 is 0 Å². The summed E-state index contributed by atoms with van der Waals surface area (Å²) < 4.78 is 12.9. The van der Waals surface area contributed by atoms with Crippen LogP contribution in [0.2, 0.25) is 0 Å². The fraction of sp³-hybridized carbons (Fsp3) is 0.966. The standard InChI is InChI=1S/C29H48O3/c1-19(2)7-6-8-20(3)23-9-10-24-22-18-29(31-15-16-32-29)26-17-21(30)11-13-28(26,5)25(22)12-14-27(23,24)4/h19-20,22-26H,6-18H2,1-5H3/t20-,22-,23+,24+,25-,26+,27-,28-/m1/s1. The van der Waals surface area contributed by atoms with Crippen molar-refractivity contribution >= 4 is 5.78 Å². The van der Waals surface area contributed by atoms with Crippen molar-refractivity contribution in [2.24, 2.45) is 52.3 Å². The summed E-state index contributed by atoms with van der Waals surface area (Å²) in [5, 5.41) is 0. The zero-order valence-electron chi connectivity index (χ0n) is 21.5. The van der Waals surface area contributed by atoms with Crippen LogP contribution in [0.3, 0.4) is 0 Å². The molecule has 1 heterocycles. The highest BCUT2D eigenvalue weighted by Crippen LogP contribution is 2.70. The third-order valence-corrected chi connectivity index (χ3v) is 11.5. The number of fused-ring (bicyclic) bond motifs is 6. The van der Waals surface area contributed by atoms with Gasteiger partial charge in [-0.3, -0.25) is 4.79 Å². The highest BCUT2D eigenvalue weighted by molar-refractivity contribution is 5.80. The Balaban J connectivity index is 1.40. The molecule has 3 heteroatoms. The second-order valence-electron chi connectivity index (χ2n) is 13.4. The maximum atomic E-state index is 12.5. The van der Waals surface area contributed by atoms with Gasteiger partial charge in [0.25, 0.3) is 0 Å². The van der Waals surface area contributed by atoms with Crippen molar-refractivity contribution < 1.29 is 14.3 Å². The van der Waals surface area contributed by atoms with Crippen LogP contribution in [0.15, 0.2) is 0 Å². The van der Waals surface area contributed by atoms with E-state index in [0.29, 0.717) is 36.8 Å². The van der Waals surface area contributed by atoms with Crippen LogP contribution >= 0.6 is 0 Å². The van der Waals surface area contributed by atoms with Crippen LogP contribution in [0.4, 0.5) is 0 Å². The molecule has 0 radical (unpaired) electrons. The second kappa shape index (κ2) is 8.36. The van der Waals surface area contributed by atoms with E-state index in [1.165, 1.54) is 44.9 Å². The second-order valence-corrected chi connectivity index (χ2v) is 13.4. The third kappa shape index (κ3) is 3.55. The molecular weight excluding hydrogens is 396 g/mol. The topological polar surface area (TPSA) is 35.5 Å². The lowest BCUT2D eigenvalue weighted by Crippen LogP contribution is -2.63. The van der Waals surface area contributed by atoms with Gasteiger partial charge in [0.1, 0.15) is 5.78 Å². The van der Waals surface area contributed by atoms with E-state index in [1.54, 1.807) is 0 Å². The first-order chi connectivity index (χ1) is 15.2. The predicted molar refractivity (Wildman–Crippen MR) is 128 cm³/mol. The van der Waals surface area contributed by atoms with Gasteiger partial charge in [0, 0.05) is 25.2 Å². The van der Waals surface area contributed by atoms with Crippen LogP contribution in [0.5, 0.6) is 0 Å². The molecular formula is C29H48O3. The molecule has 0 N–H and O–H groups in total. The highest BCUT2D eigenvalue weighted by Gasteiger charge is 2.67. The number of ether oxygens (including phenoxy) is 2. The average Bonchev–Trinajstić information content (AvgIpc) is 3.34. The van der Waals surface area contributed by atoms with Crippen LogP contribution in [-0.2, 0) is 14.3 Å². The first-order valence-electron chi connectivity index (χ1n) is 14.0. The lowest BCUT2D eigenvalue weighted by atomic mass is 9.43. The largest absolute Gasteiger partial charge is 0.347 e. The van der Waals surface area contributed by atoms with E-state index in [-0.39, 0.29) is 11.3 Å². The van der Waals surface area contributed by atoms with Crippen LogP contribution in [-0.4, -0.2) is 24.8 Å². The lowest BCUT2D eigenvalue weighted by molar-refractivity contribution is -0.289. The van der Waals surface area contributed by atoms with E-state index in [1.807, 2.05) is 0 Å². The monoisotopic (exact) mass is 444 g/mol. The van der Waals surface area contributed by atoms with E-state index < -0.39 is 5.79 Å². The average molecular weight is 445 g/mol.